The molecule has 0 spiro atoms. The lowest BCUT2D eigenvalue weighted by Gasteiger charge is -2.46. The average molecular weight is 644 g/mol. The summed E-state index contributed by atoms with van der Waals surface area (Å²) in [5, 5.41) is 37.0. The molecule has 6 N–H and O–H groups in total. The molecule has 3 aliphatic carbocycles. The Morgan fingerprint density at radius 3 is 2.28 bits per heavy atom. The number of Topliss-reactive ketones (excluding diaryl/α,β-unsaturated/α-hetero) is 2. The van der Waals surface area contributed by atoms with E-state index in [1.54, 1.807) is 25.1 Å². The van der Waals surface area contributed by atoms with E-state index in [4.69, 9.17) is 5.73 Å². The number of benzene rings is 2. The fraction of sp³-hybridized carbons (Fsp3) is 0.429. The summed E-state index contributed by atoms with van der Waals surface area (Å²) in [7, 11) is 6.97. The number of hydrogen-bond donors (Lipinski definition) is 5. The van der Waals surface area contributed by atoms with E-state index >= 15 is 0 Å². The Balaban J connectivity index is 1.31. The molecular weight excluding hydrogens is 602 g/mol. The van der Waals surface area contributed by atoms with Gasteiger partial charge in [-0.25, -0.2) is 0 Å². The van der Waals surface area contributed by atoms with E-state index < -0.39 is 58.4 Å². The van der Waals surface area contributed by atoms with Crippen LogP contribution in [0.3, 0.4) is 0 Å². The van der Waals surface area contributed by atoms with Gasteiger partial charge in [0, 0.05) is 45.0 Å². The molecule has 0 radical (unpaired) electrons. The van der Waals surface area contributed by atoms with Gasteiger partial charge in [0.1, 0.15) is 22.8 Å². The van der Waals surface area contributed by atoms with Gasteiger partial charge in [0.15, 0.2) is 11.6 Å². The second kappa shape index (κ2) is 11.8. The Kier molecular flexibility index (Phi) is 8.13. The molecule has 2 fully saturated rings. The lowest BCUT2D eigenvalue weighted by molar-refractivity contribution is -0.137. The van der Waals surface area contributed by atoms with Gasteiger partial charge < -0.3 is 31.3 Å². The van der Waals surface area contributed by atoms with Gasteiger partial charge in [-0.2, -0.15) is 0 Å². The molecule has 1 heterocycles. The number of aliphatic hydroxyl groups excluding tert-OH is 2. The van der Waals surface area contributed by atoms with Crippen molar-refractivity contribution in [3.63, 3.8) is 0 Å². The number of phenolic OH excluding ortho intramolecular Hbond substituents is 1. The van der Waals surface area contributed by atoms with Crippen LogP contribution in [0.1, 0.15) is 28.7 Å². The quantitative estimate of drug-likeness (QED) is 0.171. The van der Waals surface area contributed by atoms with Crippen molar-refractivity contribution in [3.8, 4) is 5.75 Å². The average Bonchev–Trinajstić information content (AvgIpc) is 2.96. The Labute approximate surface area is 273 Å². The lowest BCUT2D eigenvalue weighted by Crippen LogP contribution is -2.55. The minimum atomic E-state index is -1.34. The number of aryl methyl sites for hydroxylation is 1. The number of hydrogen-bond acceptors (Lipinski definition) is 10. The number of allylic oxidation sites excluding steroid dienone is 1. The van der Waals surface area contributed by atoms with Crippen molar-refractivity contribution in [2.45, 2.75) is 32.4 Å². The Hall–Kier alpha value is -4.68. The fourth-order valence-corrected chi connectivity index (χ4v) is 7.86. The molecule has 6 rings (SSSR count). The summed E-state index contributed by atoms with van der Waals surface area (Å²) in [5.41, 5.74) is 8.55. The van der Waals surface area contributed by atoms with E-state index in [9.17, 15) is 34.5 Å². The molecule has 1 saturated carbocycles. The van der Waals surface area contributed by atoms with Crippen molar-refractivity contribution >= 4 is 40.5 Å². The number of nitrogens with one attached hydrogen (secondary N) is 1. The maximum Gasteiger partial charge on any atom is 0.255 e. The maximum atomic E-state index is 14.1. The first-order valence-corrected chi connectivity index (χ1v) is 15.8. The van der Waals surface area contributed by atoms with Crippen molar-refractivity contribution in [3.05, 3.63) is 69.5 Å². The molecule has 1 unspecified atom stereocenters. The van der Waals surface area contributed by atoms with Gasteiger partial charge in [0.2, 0.25) is 5.91 Å². The van der Waals surface area contributed by atoms with Gasteiger partial charge in [0.25, 0.3) is 5.91 Å². The summed E-state index contributed by atoms with van der Waals surface area (Å²) in [6.07, 6.45) is 0.518. The molecule has 47 heavy (non-hydrogen) atoms. The second-order valence-electron chi connectivity index (χ2n) is 13.7. The molecule has 12 heteroatoms. The molecule has 1 aliphatic heterocycles. The highest BCUT2D eigenvalue weighted by Gasteiger charge is 2.56. The van der Waals surface area contributed by atoms with E-state index in [1.807, 2.05) is 25.9 Å². The first-order valence-electron chi connectivity index (χ1n) is 15.8. The van der Waals surface area contributed by atoms with Gasteiger partial charge in [-0.05, 0) is 62.9 Å². The zero-order chi connectivity index (χ0) is 34.1. The summed E-state index contributed by atoms with van der Waals surface area (Å²) in [5.74, 6) is -7.04. The standard InChI is InChI=1S/C35H41N5O7/c1-16-6-8-17(9-7-16)13-40-14-19(15-40)35(47)37-22-12-23(38(2)3)20-10-18-11-21-26(31(43)24(18)30(42)25(20)29(22)41)32(44)27(34(36)46)33(45)28(21)39(4)5/h6-9,12,18-19,21,26,28,41-42,45H,10-11,13-15H2,1-5H3,(H2,36,46)(H,37,47)/t18-,21+,26?,28-/m0/s1. The number of carbonyl (C=O) groups is 4. The molecule has 0 aromatic heterocycles. The summed E-state index contributed by atoms with van der Waals surface area (Å²) in [6.45, 7) is 3.87. The van der Waals surface area contributed by atoms with E-state index in [1.165, 1.54) is 5.56 Å². The van der Waals surface area contributed by atoms with Crippen molar-refractivity contribution in [2.24, 2.45) is 29.4 Å². The smallest absolute Gasteiger partial charge is 0.255 e. The highest BCUT2D eigenvalue weighted by Crippen LogP contribution is 2.53. The monoisotopic (exact) mass is 643 g/mol. The third-order valence-electron chi connectivity index (χ3n) is 10.1. The van der Waals surface area contributed by atoms with Gasteiger partial charge in [-0.3, -0.25) is 29.0 Å². The van der Waals surface area contributed by atoms with Crippen molar-refractivity contribution in [1.29, 1.82) is 0 Å². The molecule has 4 aliphatic rings. The second-order valence-corrected chi connectivity index (χ2v) is 13.7. The van der Waals surface area contributed by atoms with Crippen molar-refractivity contribution < 1.29 is 34.5 Å². The number of aromatic hydroxyl groups is 1. The van der Waals surface area contributed by atoms with Gasteiger partial charge in [-0.1, -0.05) is 29.8 Å². The number of primary amides is 1. The predicted molar refractivity (Wildman–Crippen MR) is 176 cm³/mol. The number of amides is 2. The number of fused-ring (bicyclic) bond motifs is 3. The largest absolute Gasteiger partial charge is 0.510 e. The normalized spacial score (nSPS) is 24.5. The maximum absolute atomic E-state index is 14.1. The van der Waals surface area contributed by atoms with Crippen LogP contribution in [-0.4, -0.2) is 95.8 Å². The zero-order valence-corrected chi connectivity index (χ0v) is 27.2. The molecule has 2 aromatic rings. The molecule has 2 amide bonds. The Morgan fingerprint density at radius 1 is 1.02 bits per heavy atom. The first kappa shape index (κ1) is 32.3. The van der Waals surface area contributed by atoms with Crippen LogP contribution in [0.2, 0.25) is 0 Å². The topological polar surface area (TPSA) is 177 Å². The summed E-state index contributed by atoms with van der Waals surface area (Å²) >= 11 is 0. The molecule has 2 aromatic carbocycles. The van der Waals surface area contributed by atoms with E-state index in [2.05, 4.69) is 34.5 Å². The van der Waals surface area contributed by atoms with Crippen LogP contribution in [-0.2, 0) is 32.1 Å². The van der Waals surface area contributed by atoms with Gasteiger partial charge in [0.05, 0.1) is 29.1 Å². The molecule has 1 saturated heterocycles. The minimum Gasteiger partial charge on any atom is -0.510 e. The number of rotatable bonds is 7. The van der Waals surface area contributed by atoms with Crippen molar-refractivity contribution in [2.75, 3.05) is 51.5 Å². The number of nitrogens with zero attached hydrogens (tertiary/aromatic N) is 3. The van der Waals surface area contributed by atoms with Crippen LogP contribution >= 0.6 is 0 Å². The minimum absolute atomic E-state index is 0.0101. The Bertz CT molecular complexity index is 1750. The number of anilines is 2. The summed E-state index contributed by atoms with van der Waals surface area (Å²) < 4.78 is 0. The molecule has 4 atom stereocenters. The van der Waals surface area contributed by atoms with Crippen LogP contribution < -0.4 is 16.0 Å². The van der Waals surface area contributed by atoms with E-state index in [0.717, 1.165) is 12.1 Å². The van der Waals surface area contributed by atoms with Crippen LogP contribution in [0.4, 0.5) is 11.4 Å². The third kappa shape index (κ3) is 5.35. The van der Waals surface area contributed by atoms with E-state index in [0.29, 0.717) is 24.3 Å². The van der Waals surface area contributed by atoms with E-state index in [-0.39, 0.29) is 47.2 Å². The SMILES string of the molecule is Cc1ccc(CN2CC(C(=O)Nc3cc(N(C)C)c4c(c3O)C(O)=C3C(=O)C5C(=O)C(C(N)=O)=C(O)[C@@H](N(C)C)[C@@H]5C[C@@H]3C4)C2)cc1. The third-order valence-corrected chi connectivity index (χ3v) is 10.1. The number of likely N-dealkylation sites (N-methyl/N-ethyl adjacent to an activating group) is 1. The molecule has 248 valence electrons. The molecular formula is C35H41N5O7. The van der Waals surface area contributed by atoms with Crippen molar-refractivity contribution in [1.82, 2.24) is 9.80 Å². The van der Waals surface area contributed by atoms with Gasteiger partial charge in [-0.15, -0.1) is 0 Å². The highest BCUT2D eigenvalue weighted by atomic mass is 16.3. The molecule has 12 nitrogen and oxygen atoms in total. The van der Waals surface area contributed by atoms with Crippen LogP contribution in [0, 0.1) is 30.6 Å². The number of carbonyl (C=O) groups excluding carboxylic acids is 4. The highest BCUT2D eigenvalue weighted by molar-refractivity contribution is 6.28. The lowest BCUT2D eigenvalue weighted by atomic mass is 9.59. The number of ketones is 2. The number of phenols is 1. The Morgan fingerprint density at radius 2 is 1.68 bits per heavy atom. The summed E-state index contributed by atoms with van der Waals surface area (Å²) in [6, 6.07) is 9.11. The predicted octanol–water partition coefficient (Wildman–Crippen LogP) is 2.29. The number of nitrogens with two attached hydrogens (primary N) is 1. The van der Waals surface area contributed by atoms with Crippen LogP contribution in [0.5, 0.6) is 5.75 Å². The van der Waals surface area contributed by atoms with Crippen LogP contribution in [0.15, 0.2) is 47.2 Å². The summed E-state index contributed by atoms with van der Waals surface area (Å²) in [4.78, 5) is 58.7. The zero-order valence-electron chi connectivity index (χ0n) is 27.2. The first-order chi connectivity index (χ1) is 22.2. The fourth-order valence-electron chi connectivity index (χ4n) is 7.86. The number of aliphatic hydroxyl groups is 2. The molecule has 0 bridgehead atoms. The van der Waals surface area contributed by atoms with Crippen LogP contribution in [0.25, 0.3) is 5.76 Å². The van der Waals surface area contributed by atoms with Gasteiger partial charge >= 0.3 is 0 Å². The number of likely N-dealkylation sites (tertiary alicyclic amines) is 1.